The van der Waals surface area contributed by atoms with E-state index in [0.29, 0.717) is 42.1 Å². The molecule has 3 heterocycles. The number of anilines is 2. The third-order valence-corrected chi connectivity index (χ3v) is 6.72. The van der Waals surface area contributed by atoms with Gasteiger partial charge in [0.15, 0.2) is 5.13 Å². The zero-order chi connectivity index (χ0) is 21.4. The van der Waals surface area contributed by atoms with Crippen LogP contribution in [0, 0.1) is 12.8 Å². The lowest BCUT2D eigenvalue weighted by atomic mass is 10.1. The highest BCUT2D eigenvalue weighted by molar-refractivity contribution is 7.19. The van der Waals surface area contributed by atoms with Crippen molar-refractivity contribution < 1.29 is 14.3 Å². The van der Waals surface area contributed by atoms with Gasteiger partial charge < -0.3 is 20.3 Å². The summed E-state index contributed by atoms with van der Waals surface area (Å²) in [6.07, 6.45) is 2.38. The number of rotatable bonds is 8. The molecule has 2 amide bonds. The number of fused-ring (bicyclic) bond motifs is 1. The first-order chi connectivity index (χ1) is 14.4. The van der Waals surface area contributed by atoms with Crippen LogP contribution in [0.1, 0.15) is 48.3 Å². The molecule has 4 rings (SSSR count). The van der Waals surface area contributed by atoms with Gasteiger partial charge in [0.1, 0.15) is 5.82 Å². The van der Waals surface area contributed by atoms with Gasteiger partial charge in [-0.05, 0) is 44.2 Å². The molecule has 1 aliphatic carbocycles. The van der Waals surface area contributed by atoms with E-state index in [9.17, 15) is 9.59 Å². The number of hydrogen-bond acceptors (Lipinski definition) is 7. The SMILES string of the molecule is COCCNc1nc(-c2sc(NC(C)=O)nc2C)cc2c1C(=O)N([C@@H](C)C1CC1)C2. The minimum absolute atomic E-state index is 0.0447. The zero-order valence-corrected chi connectivity index (χ0v) is 18.6. The molecule has 1 fully saturated rings. The van der Waals surface area contributed by atoms with Crippen molar-refractivity contribution in [1.29, 1.82) is 0 Å². The Morgan fingerprint density at radius 2 is 2.17 bits per heavy atom. The summed E-state index contributed by atoms with van der Waals surface area (Å²) in [4.78, 5) is 36.7. The number of ether oxygens (including phenoxy) is 1. The van der Waals surface area contributed by atoms with Crippen LogP contribution in [0.3, 0.4) is 0 Å². The molecule has 160 valence electrons. The third-order valence-electron chi connectivity index (χ3n) is 5.62. The molecule has 0 bridgehead atoms. The first-order valence-electron chi connectivity index (χ1n) is 10.2. The van der Waals surface area contributed by atoms with Gasteiger partial charge in [0.05, 0.1) is 28.4 Å². The molecule has 1 aliphatic heterocycles. The average Bonchev–Trinajstić information content (AvgIpc) is 3.40. The van der Waals surface area contributed by atoms with Crippen LogP contribution in [0.15, 0.2) is 6.07 Å². The number of amides is 2. The Kier molecular flexibility index (Phi) is 5.75. The van der Waals surface area contributed by atoms with Gasteiger partial charge in [0, 0.05) is 33.2 Å². The van der Waals surface area contributed by atoms with Crippen molar-refractivity contribution in [2.45, 2.75) is 46.2 Å². The normalized spacial score (nSPS) is 16.5. The molecular formula is C21H27N5O3S. The fourth-order valence-corrected chi connectivity index (χ4v) is 4.85. The van der Waals surface area contributed by atoms with Gasteiger partial charge in [-0.15, -0.1) is 0 Å². The molecule has 2 aliphatic rings. The van der Waals surface area contributed by atoms with Crippen LogP contribution in [-0.4, -0.2) is 53.0 Å². The van der Waals surface area contributed by atoms with E-state index in [1.54, 1.807) is 7.11 Å². The molecule has 8 nitrogen and oxygen atoms in total. The van der Waals surface area contributed by atoms with Gasteiger partial charge in [0.25, 0.3) is 5.91 Å². The summed E-state index contributed by atoms with van der Waals surface area (Å²) < 4.78 is 5.15. The Bertz CT molecular complexity index is 985. The number of aromatic nitrogens is 2. The van der Waals surface area contributed by atoms with Gasteiger partial charge in [0.2, 0.25) is 5.91 Å². The molecular weight excluding hydrogens is 402 g/mol. The predicted molar refractivity (Wildman–Crippen MR) is 117 cm³/mol. The maximum absolute atomic E-state index is 13.2. The fraction of sp³-hybridized carbons (Fsp3) is 0.524. The molecule has 1 saturated carbocycles. The second kappa shape index (κ2) is 8.31. The van der Waals surface area contributed by atoms with E-state index in [-0.39, 0.29) is 17.9 Å². The summed E-state index contributed by atoms with van der Waals surface area (Å²) in [7, 11) is 1.64. The average molecular weight is 430 g/mol. The smallest absolute Gasteiger partial charge is 0.258 e. The van der Waals surface area contributed by atoms with Crippen molar-refractivity contribution in [3.8, 4) is 10.6 Å². The molecule has 2 N–H and O–H groups in total. The highest BCUT2D eigenvalue weighted by Crippen LogP contribution is 2.41. The summed E-state index contributed by atoms with van der Waals surface area (Å²) in [6.45, 7) is 7.17. The van der Waals surface area contributed by atoms with E-state index < -0.39 is 0 Å². The lowest BCUT2D eigenvalue weighted by Crippen LogP contribution is -2.34. The number of nitrogens with one attached hydrogen (secondary N) is 2. The predicted octanol–water partition coefficient (Wildman–Crippen LogP) is 3.28. The monoisotopic (exact) mass is 429 g/mol. The number of methoxy groups -OCH3 is 1. The quantitative estimate of drug-likeness (QED) is 0.625. The van der Waals surface area contributed by atoms with Gasteiger partial charge in [-0.2, -0.15) is 0 Å². The van der Waals surface area contributed by atoms with Crippen LogP contribution in [0.5, 0.6) is 0 Å². The van der Waals surface area contributed by atoms with Crippen LogP contribution >= 0.6 is 11.3 Å². The molecule has 2 aromatic heterocycles. The van der Waals surface area contributed by atoms with Crippen molar-refractivity contribution in [2.24, 2.45) is 5.92 Å². The second-order valence-electron chi connectivity index (χ2n) is 7.94. The van der Waals surface area contributed by atoms with Gasteiger partial charge in [-0.25, -0.2) is 9.97 Å². The summed E-state index contributed by atoms with van der Waals surface area (Å²) in [5, 5.41) is 6.57. The maximum atomic E-state index is 13.2. The summed E-state index contributed by atoms with van der Waals surface area (Å²) >= 11 is 1.39. The first kappa shape index (κ1) is 20.7. The van der Waals surface area contributed by atoms with E-state index in [1.165, 1.54) is 31.1 Å². The van der Waals surface area contributed by atoms with Crippen molar-refractivity contribution in [1.82, 2.24) is 14.9 Å². The Morgan fingerprint density at radius 1 is 1.40 bits per heavy atom. The van der Waals surface area contributed by atoms with Crippen molar-refractivity contribution in [3.63, 3.8) is 0 Å². The molecule has 1 atom stereocenters. The summed E-state index contributed by atoms with van der Waals surface area (Å²) in [6, 6.07) is 2.23. The van der Waals surface area contributed by atoms with Gasteiger partial charge in [-0.3, -0.25) is 9.59 Å². The minimum atomic E-state index is -0.158. The molecule has 9 heteroatoms. The number of nitrogens with zero attached hydrogens (tertiary/aromatic N) is 3. The molecule has 0 spiro atoms. The molecule has 2 aromatic rings. The van der Waals surface area contributed by atoms with E-state index in [2.05, 4.69) is 22.5 Å². The minimum Gasteiger partial charge on any atom is -0.383 e. The molecule has 0 saturated heterocycles. The molecule has 0 aromatic carbocycles. The van der Waals surface area contributed by atoms with Crippen LogP contribution < -0.4 is 10.6 Å². The molecule has 0 radical (unpaired) electrons. The maximum Gasteiger partial charge on any atom is 0.258 e. The zero-order valence-electron chi connectivity index (χ0n) is 17.7. The second-order valence-corrected chi connectivity index (χ2v) is 8.93. The topological polar surface area (TPSA) is 96.5 Å². The number of pyridine rings is 1. The van der Waals surface area contributed by atoms with Crippen molar-refractivity contribution in [2.75, 3.05) is 30.9 Å². The summed E-state index contributed by atoms with van der Waals surface area (Å²) in [5.41, 5.74) is 3.19. The Balaban J connectivity index is 1.71. The fourth-order valence-electron chi connectivity index (χ4n) is 3.88. The number of aryl methyl sites for hydroxylation is 1. The number of hydrogen-bond donors (Lipinski definition) is 2. The van der Waals surface area contributed by atoms with E-state index in [1.807, 2.05) is 17.9 Å². The highest BCUT2D eigenvalue weighted by Gasteiger charge is 2.40. The lowest BCUT2D eigenvalue weighted by molar-refractivity contribution is -0.114. The Labute approximate surface area is 180 Å². The molecule has 30 heavy (non-hydrogen) atoms. The van der Waals surface area contributed by atoms with E-state index >= 15 is 0 Å². The summed E-state index contributed by atoms with van der Waals surface area (Å²) in [5.74, 6) is 1.08. The molecule has 0 unspecified atom stereocenters. The highest BCUT2D eigenvalue weighted by atomic mass is 32.1. The van der Waals surface area contributed by atoms with Gasteiger partial charge in [-0.1, -0.05) is 11.3 Å². The third kappa shape index (κ3) is 4.04. The van der Waals surface area contributed by atoms with Crippen molar-refractivity contribution in [3.05, 3.63) is 22.9 Å². The van der Waals surface area contributed by atoms with Gasteiger partial charge >= 0.3 is 0 Å². The number of carbonyl (C=O) groups excluding carboxylic acids is 2. The Hall–Kier alpha value is -2.52. The van der Waals surface area contributed by atoms with Crippen LogP contribution in [0.4, 0.5) is 10.9 Å². The standard InChI is InChI=1S/C21H27N5O3S/c1-11-18(30-21(23-11)24-13(3)27)16-9-15-10-26(12(2)14-5-6-14)20(28)17(15)19(25-16)22-7-8-29-4/h9,12,14H,5-8,10H2,1-4H3,(H,22,25)(H,23,24,27)/t12-/m0/s1. The Morgan fingerprint density at radius 3 is 2.83 bits per heavy atom. The van der Waals surface area contributed by atoms with Crippen LogP contribution in [0.25, 0.3) is 10.6 Å². The largest absolute Gasteiger partial charge is 0.383 e. The van der Waals surface area contributed by atoms with Crippen LogP contribution in [-0.2, 0) is 16.1 Å². The van der Waals surface area contributed by atoms with Crippen LogP contribution in [0.2, 0.25) is 0 Å². The number of thiazole rings is 1. The lowest BCUT2D eigenvalue weighted by Gasteiger charge is -2.24. The van der Waals surface area contributed by atoms with E-state index in [4.69, 9.17) is 9.72 Å². The first-order valence-corrected chi connectivity index (χ1v) is 11.0. The number of carbonyl (C=O) groups is 2. The van der Waals surface area contributed by atoms with E-state index in [0.717, 1.165) is 21.8 Å². The van der Waals surface area contributed by atoms with Crippen molar-refractivity contribution >= 4 is 34.1 Å².